The van der Waals surface area contributed by atoms with E-state index in [1.165, 1.54) is 21.6 Å². The Balaban J connectivity index is 1.55. The Hall–Kier alpha value is -3.67. The topological polar surface area (TPSA) is 107 Å². The van der Waals surface area contributed by atoms with Gasteiger partial charge in [-0.15, -0.1) is 10.2 Å². The standard InChI is InChI=1S/C20H18F2N6O3S/c21-18(22)20-26-25-19(31-20)16-8-6-15(7-9-16)12-28(17-4-2-1-3-5-17)32(29,30)11-10-27-14-23-13-24-27/h1-9,13-14,18H,10-12H2. The van der Waals surface area contributed by atoms with Gasteiger partial charge in [0, 0.05) is 5.56 Å². The summed E-state index contributed by atoms with van der Waals surface area (Å²) in [4.78, 5) is 3.82. The van der Waals surface area contributed by atoms with Gasteiger partial charge >= 0.3 is 6.43 Å². The molecule has 0 atom stereocenters. The molecule has 0 saturated heterocycles. The highest BCUT2D eigenvalue weighted by Crippen LogP contribution is 2.25. The number of rotatable bonds is 9. The molecule has 32 heavy (non-hydrogen) atoms. The number of nitrogens with zero attached hydrogens (tertiary/aromatic N) is 6. The molecule has 0 aliphatic heterocycles. The van der Waals surface area contributed by atoms with Crippen molar-refractivity contribution in [3.8, 4) is 11.5 Å². The largest absolute Gasteiger partial charge is 0.415 e. The van der Waals surface area contributed by atoms with E-state index in [0.717, 1.165) is 0 Å². The fraction of sp³-hybridized carbons (Fsp3) is 0.200. The number of sulfonamides is 1. The van der Waals surface area contributed by atoms with Gasteiger partial charge in [-0.05, 0) is 29.8 Å². The second-order valence-corrected chi connectivity index (χ2v) is 8.77. The average molecular weight is 460 g/mol. The minimum Gasteiger partial charge on any atom is -0.415 e. The van der Waals surface area contributed by atoms with Crippen LogP contribution in [-0.2, 0) is 23.1 Å². The number of halogens is 2. The van der Waals surface area contributed by atoms with Crippen LogP contribution in [0.4, 0.5) is 14.5 Å². The zero-order valence-electron chi connectivity index (χ0n) is 16.6. The second kappa shape index (κ2) is 9.22. The van der Waals surface area contributed by atoms with Crippen LogP contribution in [0.1, 0.15) is 17.9 Å². The number of hydrogen-bond acceptors (Lipinski definition) is 7. The van der Waals surface area contributed by atoms with E-state index in [1.54, 1.807) is 54.6 Å². The number of benzene rings is 2. The van der Waals surface area contributed by atoms with Crippen LogP contribution in [0.3, 0.4) is 0 Å². The molecule has 2 aromatic heterocycles. The van der Waals surface area contributed by atoms with E-state index in [9.17, 15) is 17.2 Å². The number of aryl methyl sites for hydroxylation is 1. The van der Waals surface area contributed by atoms with E-state index in [4.69, 9.17) is 4.42 Å². The van der Waals surface area contributed by atoms with E-state index in [-0.39, 0.29) is 24.7 Å². The second-order valence-electron chi connectivity index (χ2n) is 6.76. The lowest BCUT2D eigenvalue weighted by Gasteiger charge is -2.24. The SMILES string of the molecule is O=S(=O)(CCn1cncn1)N(Cc1ccc(-c2nnc(C(F)F)o2)cc1)c1ccccc1. The quantitative estimate of drug-likeness (QED) is 0.377. The molecule has 4 rings (SSSR count). The molecule has 2 heterocycles. The van der Waals surface area contributed by atoms with Crippen LogP contribution in [-0.4, -0.2) is 39.1 Å². The molecule has 0 bridgehead atoms. The van der Waals surface area contributed by atoms with Crippen LogP contribution < -0.4 is 4.31 Å². The molecule has 2 aromatic carbocycles. The fourth-order valence-corrected chi connectivity index (χ4v) is 4.40. The summed E-state index contributed by atoms with van der Waals surface area (Å²) >= 11 is 0. The average Bonchev–Trinajstić information content (AvgIpc) is 3.49. The monoisotopic (exact) mass is 460 g/mol. The Labute approximate surface area is 182 Å². The van der Waals surface area contributed by atoms with Crippen molar-refractivity contribution in [1.82, 2.24) is 25.0 Å². The summed E-state index contributed by atoms with van der Waals surface area (Å²) < 4.78 is 59.3. The van der Waals surface area contributed by atoms with Gasteiger partial charge in [0.25, 0.3) is 5.89 Å². The fourth-order valence-electron chi connectivity index (χ4n) is 2.97. The predicted octanol–water partition coefficient (Wildman–Crippen LogP) is 3.30. The van der Waals surface area contributed by atoms with Crippen LogP contribution in [0.15, 0.2) is 71.7 Å². The minimum atomic E-state index is -3.70. The summed E-state index contributed by atoms with van der Waals surface area (Å²) in [5.74, 6) is -0.952. The number of hydrogen-bond donors (Lipinski definition) is 0. The van der Waals surface area contributed by atoms with Crippen LogP contribution >= 0.6 is 0 Å². The highest BCUT2D eigenvalue weighted by atomic mass is 32.2. The van der Waals surface area contributed by atoms with Gasteiger partial charge in [0.2, 0.25) is 15.9 Å². The molecule has 0 amide bonds. The van der Waals surface area contributed by atoms with E-state index in [2.05, 4.69) is 20.3 Å². The molecule has 0 fully saturated rings. The first-order valence-corrected chi connectivity index (χ1v) is 11.1. The van der Waals surface area contributed by atoms with Crippen molar-refractivity contribution in [2.24, 2.45) is 0 Å². The molecule has 0 spiro atoms. The maximum Gasteiger partial charge on any atom is 0.314 e. The van der Waals surface area contributed by atoms with Crippen molar-refractivity contribution >= 4 is 15.7 Å². The first kappa shape index (κ1) is 21.6. The van der Waals surface area contributed by atoms with Crippen molar-refractivity contribution in [3.63, 3.8) is 0 Å². The van der Waals surface area contributed by atoms with Gasteiger partial charge in [0.05, 0.1) is 24.5 Å². The molecular formula is C20H18F2N6O3S. The van der Waals surface area contributed by atoms with Crippen LogP contribution in [0, 0.1) is 0 Å². The molecule has 0 aliphatic rings. The summed E-state index contributed by atoms with van der Waals surface area (Å²) in [6, 6.07) is 15.3. The first-order chi connectivity index (χ1) is 15.4. The van der Waals surface area contributed by atoms with E-state index in [1.807, 2.05) is 0 Å². The smallest absolute Gasteiger partial charge is 0.314 e. The van der Waals surface area contributed by atoms with E-state index in [0.29, 0.717) is 16.8 Å². The third kappa shape index (κ3) is 4.97. The molecule has 0 radical (unpaired) electrons. The number of anilines is 1. The third-order valence-corrected chi connectivity index (χ3v) is 6.29. The Morgan fingerprint density at radius 2 is 1.78 bits per heavy atom. The summed E-state index contributed by atoms with van der Waals surface area (Å²) in [7, 11) is -3.70. The van der Waals surface area contributed by atoms with E-state index < -0.39 is 22.3 Å². The van der Waals surface area contributed by atoms with Crippen molar-refractivity contribution in [3.05, 3.63) is 78.7 Å². The maximum atomic E-state index is 13.1. The Morgan fingerprint density at radius 1 is 1.03 bits per heavy atom. The molecule has 0 N–H and O–H groups in total. The van der Waals surface area contributed by atoms with Crippen LogP contribution in [0.5, 0.6) is 0 Å². The number of para-hydroxylation sites is 1. The molecule has 12 heteroatoms. The Morgan fingerprint density at radius 3 is 2.41 bits per heavy atom. The number of alkyl halides is 2. The maximum absolute atomic E-state index is 13.1. The van der Waals surface area contributed by atoms with E-state index >= 15 is 0 Å². The molecule has 9 nitrogen and oxygen atoms in total. The molecule has 4 aromatic rings. The Kier molecular flexibility index (Phi) is 6.21. The van der Waals surface area contributed by atoms with Gasteiger partial charge in [0.15, 0.2) is 0 Å². The molecule has 0 unspecified atom stereocenters. The summed E-state index contributed by atoms with van der Waals surface area (Å²) in [5, 5.41) is 10.9. The van der Waals surface area contributed by atoms with Gasteiger partial charge < -0.3 is 4.42 Å². The van der Waals surface area contributed by atoms with Gasteiger partial charge in [-0.3, -0.25) is 8.99 Å². The third-order valence-electron chi connectivity index (χ3n) is 4.58. The van der Waals surface area contributed by atoms with Gasteiger partial charge in [-0.25, -0.2) is 13.4 Å². The first-order valence-electron chi connectivity index (χ1n) is 9.51. The highest BCUT2D eigenvalue weighted by molar-refractivity contribution is 7.92. The number of aromatic nitrogens is 5. The normalized spacial score (nSPS) is 11.7. The molecule has 166 valence electrons. The van der Waals surface area contributed by atoms with Crippen LogP contribution in [0.25, 0.3) is 11.5 Å². The van der Waals surface area contributed by atoms with Gasteiger partial charge in [-0.2, -0.15) is 13.9 Å². The van der Waals surface area contributed by atoms with Crippen molar-refractivity contribution in [2.75, 3.05) is 10.1 Å². The molecule has 0 saturated carbocycles. The molecular weight excluding hydrogens is 442 g/mol. The predicted molar refractivity (Wildman–Crippen MR) is 111 cm³/mol. The lowest BCUT2D eigenvalue weighted by Crippen LogP contribution is -2.34. The van der Waals surface area contributed by atoms with Crippen molar-refractivity contribution < 1.29 is 21.6 Å². The highest BCUT2D eigenvalue weighted by Gasteiger charge is 2.23. The summed E-state index contributed by atoms with van der Waals surface area (Å²) in [6.45, 7) is 0.240. The Bertz CT molecular complexity index is 1250. The van der Waals surface area contributed by atoms with Crippen molar-refractivity contribution in [2.45, 2.75) is 19.5 Å². The van der Waals surface area contributed by atoms with Gasteiger partial charge in [0.1, 0.15) is 12.7 Å². The minimum absolute atomic E-state index is 0.0350. The molecule has 0 aliphatic carbocycles. The van der Waals surface area contributed by atoms with Crippen LogP contribution in [0.2, 0.25) is 0 Å². The summed E-state index contributed by atoms with van der Waals surface area (Å²) in [5.41, 5.74) is 1.66. The summed E-state index contributed by atoms with van der Waals surface area (Å²) in [6.07, 6.45) is -0.0489. The lowest BCUT2D eigenvalue weighted by molar-refractivity contribution is 0.116. The van der Waals surface area contributed by atoms with Gasteiger partial charge in [-0.1, -0.05) is 30.3 Å². The zero-order chi connectivity index (χ0) is 22.6. The zero-order valence-corrected chi connectivity index (χ0v) is 17.4. The lowest BCUT2D eigenvalue weighted by atomic mass is 10.1. The van der Waals surface area contributed by atoms with Crippen molar-refractivity contribution in [1.29, 1.82) is 0 Å².